The van der Waals surface area contributed by atoms with Crippen molar-refractivity contribution < 1.29 is 19.7 Å². The number of halogens is 2. The van der Waals surface area contributed by atoms with Crippen LogP contribution < -0.4 is 10.1 Å². The monoisotopic (exact) mass is 493 g/mol. The third-order valence-corrected chi connectivity index (χ3v) is 7.37. The zero-order valence-corrected chi connectivity index (χ0v) is 21.1. The Labute approximate surface area is 206 Å². The van der Waals surface area contributed by atoms with Crippen molar-refractivity contribution in [2.45, 2.75) is 70.6 Å². The molecule has 3 N–H and O–H groups in total. The van der Waals surface area contributed by atoms with Gasteiger partial charge in [0.25, 0.3) is 0 Å². The molecule has 2 aromatic rings. The van der Waals surface area contributed by atoms with Crippen molar-refractivity contribution in [1.29, 1.82) is 0 Å². The molecule has 0 radical (unpaired) electrons. The van der Waals surface area contributed by atoms with Gasteiger partial charge in [0.05, 0.1) is 10.9 Å². The Hall–Kier alpha value is -1.79. The second-order valence-corrected chi connectivity index (χ2v) is 10.5. The molecular formula is C26H33Cl2NO4. The number of ether oxygens (including phenoxy) is 1. The van der Waals surface area contributed by atoms with Gasteiger partial charge >= 0.3 is 5.97 Å². The minimum atomic E-state index is -0.986. The molecule has 180 valence electrons. The fourth-order valence-corrected chi connectivity index (χ4v) is 5.06. The molecule has 0 bridgehead atoms. The predicted molar refractivity (Wildman–Crippen MR) is 133 cm³/mol. The maximum Gasteiger partial charge on any atom is 0.310 e. The van der Waals surface area contributed by atoms with Crippen LogP contribution in [0.2, 0.25) is 10.0 Å². The molecule has 1 aliphatic rings. The maximum absolute atomic E-state index is 11.3. The summed E-state index contributed by atoms with van der Waals surface area (Å²) < 4.78 is 5.87. The van der Waals surface area contributed by atoms with Gasteiger partial charge in [-0.05, 0) is 75.6 Å². The smallest absolute Gasteiger partial charge is 0.310 e. The summed E-state index contributed by atoms with van der Waals surface area (Å²) in [5.74, 6) is -0.868. The van der Waals surface area contributed by atoms with E-state index in [4.69, 9.17) is 27.9 Å². The SMILES string of the molecule is CC(C(=O)O)c1ccc(O[C@H](C)[C@H](O)CNC(C)(C)CC2Cc3ccccc3C2)c(Cl)c1Cl. The molecule has 0 heterocycles. The number of carboxylic acids is 1. The summed E-state index contributed by atoms with van der Waals surface area (Å²) in [6.45, 7) is 8.00. The first kappa shape index (κ1) is 25.8. The van der Waals surface area contributed by atoms with E-state index in [0.29, 0.717) is 23.8 Å². The summed E-state index contributed by atoms with van der Waals surface area (Å²) >= 11 is 12.6. The highest BCUT2D eigenvalue weighted by Gasteiger charge is 2.29. The van der Waals surface area contributed by atoms with Crippen molar-refractivity contribution in [1.82, 2.24) is 5.32 Å². The molecule has 0 spiro atoms. The number of rotatable bonds is 10. The van der Waals surface area contributed by atoms with E-state index in [0.717, 1.165) is 19.3 Å². The molecule has 3 rings (SSSR count). The van der Waals surface area contributed by atoms with Crippen molar-refractivity contribution in [2.24, 2.45) is 5.92 Å². The molecule has 5 nitrogen and oxygen atoms in total. The molecule has 0 fully saturated rings. The topological polar surface area (TPSA) is 78.8 Å². The summed E-state index contributed by atoms with van der Waals surface area (Å²) in [6.07, 6.45) is 1.89. The summed E-state index contributed by atoms with van der Waals surface area (Å²) in [6, 6.07) is 11.8. The van der Waals surface area contributed by atoms with E-state index >= 15 is 0 Å². The molecule has 2 aromatic carbocycles. The van der Waals surface area contributed by atoms with Gasteiger partial charge in [-0.25, -0.2) is 0 Å². The van der Waals surface area contributed by atoms with E-state index in [9.17, 15) is 15.0 Å². The lowest BCUT2D eigenvalue weighted by atomic mass is 9.88. The van der Waals surface area contributed by atoms with Crippen LogP contribution in [-0.2, 0) is 17.6 Å². The fraction of sp³-hybridized carbons (Fsp3) is 0.500. The Balaban J connectivity index is 1.53. The lowest BCUT2D eigenvalue weighted by Gasteiger charge is -2.32. The molecule has 7 heteroatoms. The molecule has 1 aliphatic carbocycles. The highest BCUT2D eigenvalue weighted by molar-refractivity contribution is 6.43. The number of aliphatic hydroxyl groups excluding tert-OH is 1. The zero-order valence-electron chi connectivity index (χ0n) is 19.6. The number of nitrogens with one attached hydrogen (secondary N) is 1. The van der Waals surface area contributed by atoms with Crippen LogP contribution in [0.25, 0.3) is 0 Å². The summed E-state index contributed by atoms with van der Waals surface area (Å²) in [5, 5.41) is 23.7. The Morgan fingerprint density at radius 1 is 1.12 bits per heavy atom. The third-order valence-electron chi connectivity index (χ3n) is 6.49. The number of carboxylic acid groups (broad SMARTS) is 1. The average Bonchev–Trinajstić information content (AvgIpc) is 3.16. The first-order valence-electron chi connectivity index (χ1n) is 11.4. The number of carbonyl (C=O) groups is 1. The number of aliphatic carboxylic acids is 1. The van der Waals surface area contributed by atoms with Crippen LogP contribution >= 0.6 is 23.2 Å². The van der Waals surface area contributed by atoms with Crippen LogP contribution in [0, 0.1) is 5.92 Å². The van der Waals surface area contributed by atoms with Gasteiger partial charge in [0, 0.05) is 12.1 Å². The average molecular weight is 494 g/mol. The predicted octanol–water partition coefficient (Wildman–Crippen LogP) is 5.48. The number of fused-ring (bicyclic) bond motifs is 1. The van der Waals surface area contributed by atoms with E-state index in [1.807, 2.05) is 0 Å². The van der Waals surface area contributed by atoms with E-state index in [1.165, 1.54) is 11.1 Å². The lowest BCUT2D eigenvalue weighted by Crippen LogP contribution is -2.48. The quantitative estimate of drug-likeness (QED) is 0.408. The second-order valence-electron chi connectivity index (χ2n) is 9.74. The number of β-amino-alcohol motifs (C(OH)–C–C–N with tert-alkyl or cyclic N) is 1. The Kier molecular flexibility index (Phi) is 8.33. The van der Waals surface area contributed by atoms with E-state index in [2.05, 4.69) is 43.4 Å². The van der Waals surface area contributed by atoms with Crippen molar-refractivity contribution in [3.63, 3.8) is 0 Å². The van der Waals surface area contributed by atoms with Crippen LogP contribution in [-0.4, -0.2) is 40.5 Å². The van der Waals surface area contributed by atoms with Crippen molar-refractivity contribution in [2.75, 3.05) is 6.54 Å². The minimum Gasteiger partial charge on any atom is -0.486 e. The molecular weight excluding hydrogens is 461 g/mol. The fourth-order valence-electron chi connectivity index (χ4n) is 4.52. The van der Waals surface area contributed by atoms with E-state index in [-0.39, 0.29) is 15.6 Å². The van der Waals surface area contributed by atoms with Gasteiger partial charge in [0.2, 0.25) is 0 Å². The van der Waals surface area contributed by atoms with Crippen LogP contribution in [0.3, 0.4) is 0 Å². The molecule has 0 amide bonds. The van der Waals surface area contributed by atoms with Crippen molar-refractivity contribution >= 4 is 29.2 Å². The van der Waals surface area contributed by atoms with Crippen LogP contribution in [0.5, 0.6) is 5.75 Å². The van der Waals surface area contributed by atoms with E-state index in [1.54, 1.807) is 26.0 Å². The van der Waals surface area contributed by atoms with E-state index < -0.39 is 24.1 Å². The van der Waals surface area contributed by atoms with Gasteiger partial charge < -0.3 is 20.3 Å². The Morgan fingerprint density at radius 3 is 2.30 bits per heavy atom. The summed E-state index contributed by atoms with van der Waals surface area (Å²) in [4.78, 5) is 11.3. The normalized spacial score (nSPS) is 16.8. The molecule has 3 atom stereocenters. The number of hydrogen-bond acceptors (Lipinski definition) is 4. The molecule has 33 heavy (non-hydrogen) atoms. The van der Waals surface area contributed by atoms with Crippen LogP contribution in [0.1, 0.15) is 56.7 Å². The minimum absolute atomic E-state index is 0.136. The standard InChI is InChI=1S/C26H33Cl2NO4/c1-15(25(31)32)20-9-10-22(24(28)23(20)27)33-16(2)21(30)14-29-26(3,4)13-17-11-18-7-5-6-8-19(18)12-17/h5-10,15-17,21,29-30H,11-14H2,1-4H3,(H,31,32)/t15?,16-,21-/m1/s1. The van der Waals surface area contributed by atoms with Crippen LogP contribution in [0.4, 0.5) is 0 Å². The van der Waals surface area contributed by atoms with Gasteiger partial charge in [-0.3, -0.25) is 4.79 Å². The summed E-state index contributed by atoms with van der Waals surface area (Å²) in [7, 11) is 0. The maximum atomic E-state index is 11.3. The zero-order chi connectivity index (χ0) is 24.3. The highest BCUT2D eigenvalue weighted by atomic mass is 35.5. The Bertz CT molecular complexity index is 969. The van der Waals surface area contributed by atoms with Gasteiger partial charge in [0.1, 0.15) is 23.0 Å². The molecule has 0 aromatic heterocycles. The molecule has 0 saturated carbocycles. The molecule has 0 aliphatic heterocycles. The second kappa shape index (κ2) is 10.6. The van der Waals surface area contributed by atoms with Crippen molar-refractivity contribution in [3.8, 4) is 5.75 Å². The van der Waals surface area contributed by atoms with Crippen molar-refractivity contribution in [3.05, 3.63) is 63.1 Å². The first-order valence-corrected chi connectivity index (χ1v) is 12.1. The first-order chi connectivity index (χ1) is 15.5. The number of benzene rings is 2. The Morgan fingerprint density at radius 2 is 1.73 bits per heavy atom. The van der Waals surface area contributed by atoms with Gasteiger partial charge in [-0.2, -0.15) is 0 Å². The molecule has 1 unspecified atom stereocenters. The third kappa shape index (κ3) is 6.42. The lowest BCUT2D eigenvalue weighted by molar-refractivity contribution is -0.138. The highest BCUT2D eigenvalue weighted by Crippen LogP contribution is 2.38. The van der Waals surface area contributed by atoms with Gasteiger partial charge in [0.15, 0.2) is 0 Å². The summed E-state index contributed by atoms with van der Waals surface area (Å²) in [5.41, 5.74) is 3.18. The number of hydrogen-bond donors (Lipinski definition) is 3. The largest absolute Gasteiger partial charge is 0.486 e. The van der Waals surface area contributed by atoms with Crippen LogP contribution in [0.15, 0.2) is 36.4 Å². The van der Waals surface area contributed by atoms with Gasteiger partial charge in [-0.1, -0.05) is 53.5 Å². The van der Waals surface area contributed by atoms with Gasteiger partial charge in [-0.15, -0.1) is 0 Å². The number of aliphatic hydroxyl groups is 1. The molecule has 0 saturated heterocycles.